The summed E-state index contributed by atoms with van der Waals surface area (Å²) < 4.78 is 1.62. The zero-order chi connectivity index (χ0) is 13.4. The van der Waals surface area contributed by atoms with Crippen LogP contribution in [0.15, 0.2) is 41.3 Å². The minimum Gasteiger partial charge on any atom is -0.382 e. The van der Waals surface area contributed by atoms with E-state index in [1.54, 1.807) is 16.8 Å². The zero-order valence-corrected chi connectivity index (χ0v) is 10.3. The molecule has 2 heterocycles. The highest BCUT2D eigenvalue weighted by atomic mass is 16.1. The van der Waals surface area contributed by atoms with E-state index in [9.17, 15) is 4.79 Å². The zero-order valence-electron chi connectivity index (χ0n) is 10.3. The first-order chi connectivity index (χ1) is 9.15. The van der Waals surface area contributed by atoms with Crippen LogP contribution in [0.1, 0.15) is 5.69 Å². The Kier molecular flexibility index (Phi) is 2.49. The van der Waals surface area contributed by atoms with E-state index in [0.717, 1.165) is 22.6 Å². The molecule has 2 aromatic heterocycles. The van der Waals surface area contributed by atoms with Gasteiger partial charge in [-0.2, -0.15) is 5.10 Å². The number of aryl methyl sites for hydroxylation is 1. The van der Waals surface area contributed by atoms with Gasteiger partial charge in [0.15, 0.2) is 0 Å². The van der Waals surface area contributed by atoms with Gasteiger partial charge in [-0.1, -0.05) is 12.1 Å². The molecule has 0 aliphatic heterocycles. The molecular formula is C13H13N5O. The van der Waals surface area contributed by atoms with E-state index < -0.39 is 0 Å². The lowest BCUT2D eigenvalue weighted by molar-refractivity contribution is 0.949. The Morgan fingerprint density at radius 3 is 2.53 bits per heavy atom. The van der Waals surface area contributed by atoms with E-state index in [2.05, 4.69) is 15.2 Å². The van der Waals surface area contributed by atoms with Gasteiger partial charge >= 0.3 is 5.69 Å². The van der Waals surface area contributed by atoms with Crippen molar-refractivity contribution in [1.29, 1.82) is 0 Å². The number of rotatable bonds is 2. The van der Waals surface area contributed by atoms with E-state index in [-0.39, 0.29) is 5.69 Å². The van der Waals surface area contributed by atoms with Crippen LogP contribution in [-0.4, -0.2) is 19.7 Å². The molecule has 0 amide bonds. The van der Waals surface area contributed by atoms with Gasteiger partial charge in [0, 0.05) is 18.0 Å². The van der Waals surface area contributed by atoms with Gasteiger partial charge in [-0.05, 0) is 24.6 Å². The van der Waals surface area contributed by atoms with Crippen LogP contribution < -0.4 is 11.4 Å². The molecule has 3 aromatic rings. The van der Waals surface area contributed by atoms with Gasteiger partial charge in [-0.3, -0.25) is 9.67 Å². The normalized spacial score (nSPS) is 10.8. The number of imidazole rings is 1. The lowest BCUT2D eigenvalue weighted by atomic mass is 10.1. The molecule has 6 heteroatoms. The summed E-state index contributed by atoms with van der Waals surface area (Å²) in [5, 5.41) is 6.74. The van der Waals surface area contributed by atoms with Crippen LogP contribution in [0.3, 0.4) is 0 Å². The van der Waals surface area contributed by atoms with Crippen molar-refractivity contribution in [2.24, 2.45) is 0 Å². The van der Waals surface area contributed by atoms with Crippen LogP contribution in [-0.2, 0) is 0 Å². The summed E-state index contributed by atoms with van der Waals surface area (Å²) in [6, 6.07) is 9.37. The summed E-state index contributed by atoms with van der Waals surface area (Å²) in [5.74, 6) is 0.455. The number of nitrogens with one attached hydrogen (secondary N) is 2. The number of nitrogens with two attached hydrogens (primary N) is 1. The SMILES string of the molecule is Cc1c[nH]c(=O)n1-c1ccc(-c2cc(N)n[nH]2)cc1. The van der Waals surface area contributed by atoms with Crippen LogP contribution in [0.2, 0.25) is 0 Å². The molecule has 4 N–H and O–H groups in total. The van der Waals surface area contributed by atoms with Crippen molar-refractivity contribution < 1.29 is 0 Å². The Morgan fingerprint density at radius 2 is 2.00 bits per heavy atom. The minimum absolute atomic E-state index is 0.143. The topological polar surface area (TPSA) is 92.5 Å². The predicted molar refractivity (Wildman–Crippen MR) is 73.1 cm³/mol. The third kappa shape index (κ3) is 1.93. The summed E-state index contributed by atoms with van der Waals surface area (Å²) in [7, 11) is 0. The number of nitrogen functional groups attached to an aromatic ring is 1. The standard InChI is InChI=1S/C13H13N5O/c1-8-7-15-13(19)18(8)10-4-2-9(3-5-10)11-6-12(14)17-16-11/h2-7H,1H3,(H,15,19)(H3,14,16,17). The highest BCUT2D eigenvalue weighted by Gasteiger charge is 2.06. The second kappa shape index (κ2) is 4.16. The molecule has 0 saturated carbocycles. The quantitative estimate of drug-likeness (QED) is 0.647. The lowest BCUT2D eigenvalue weighted by Crippen LogP contribution is -2.15. The number of H-pyrrole nitrogens is 2. The van der Waals surface area contributed by atoms with Crippen LogP contribution in [0, 0.1) is 6.92 Å². The number of hydrogen-bond donors (Lipinski definition) is 3. The first-order valence-electron chi connectivity index (χ1n) is 5.84. The van der Waals surface area contributed by atoms with Crippen LogP contribution in [0.4, 0.5) is 5.82 Å². The van der Waals surface area contributed by atoms with Crippen molar-refractivity contribution in [2.75, 3.05) is 5.73 Å². The molecule has 1 aromatic carbocycles. The molecule has 0 fully saturated rings. The Morgan fingerprint density at radius 1 is 1.26 bits per heavy atom. The lowest BCUT2D eigenvalue weighted by Gasteiger charge is -2.05. The third-order valence-electron chi connectivity index (χ3n) is 2.99. The fraction of sp³-hybridized carbons (Fsp3) is 0.0769. The molecule has 0 atom stereocenters. The van der Waals surface area contributed by atoms with Gasteiger partial charge in [0.25, 0.3) is 0 Å². The van der Waals surface area contributed by atoms with Gasteiger partial charge in [0.05, 0.1) is 11.4 Å². The van der Waals surface area contributed by atoms with E-state index in [1.165, 1.54) is 0 Å². The molecule has 6 nitrogen and oxygen atoms in total. The molecule has 3 rings (SSSR count). The average molecular weight is 255 g/mol. The van der Waals surface area contributed by atoms with Gasteiger partial charge in [-0.15, -0.1) is 0 Å². The van der Waals surface area contributed by atoms with Crippen molar-refractivity contribution in [3.8, 4) is 16.9 Å². The van der Waals surface area contributed by atoms with Crippen LogP contribution in [0.5, 0.6) is 0 Å². The van der Waals surface area contributed by atoms with Crippen LogP contribution >= 0.6 is 0 Å². The summed E-state index contributed by atoms with van der Waals surface area (Å²) in [6.07, 6.45) is 1.69. The van der Waals surface area contributed by atoms with Gasteiger partial charge in [-0.25, -0.2) is 4.79 Å². The fourth-order valence-electron chi connectivity index (χ4n) is 2.05. The second-order valence-corrected chi connectivity index (χ2v) is 4.32. The highest BCUT2D eigenvalue weighted by molar-refractivity contribution is 5.63. The molecule has 96 valence electrons. The molecule has 0 aliphatic rings. The smallest absolute Gasteiger partial charge is 0.330 e. The Hall–Kier alpha value is -2.76. The van der Waals surface area contributed by atoms with E-state index in [0.29, 0.717) is 5.82 Å². The summed E-state index contributed by atoms with van der Waals surface area (Å²) in [5.41, 5.74) is 8.93. The molecule has 0 radical (unpaired) electrons. The molecule has 0 spiro atoms. The van der Waals surface area contributed by atoms with Crippen molar-refractivity contribution in [1.82, 2.24) is 19.7 Å². The van der Waals surface area contributed by atoms with E-state index in [4.69, 9.17) is 5.73 Å². The first-order valence-corrected chi connectivity index (χ1v) is 5.84. The fourth-order valence-corrected chi connectivity index (χ4v) is 2.05. The summed E-state index contributed by atoms with van der Waals surface area (Å²) in [4.78, 5) is 14.3. The largest absolute Gasteiger partial charge is 0.382 e. The highest BCUT2D eigenvalue weighted by Crippen LogP contribution is 2.20. The monoisotopic (exact) mass is 255 g/mol. The number of aromatic nitrogens is 4. The number of aromatic amines is 2. The maximum Gasteiger partial charge on any atom is 0.330 e. The number of benzene rings is 1. The van der Waals surface area contributed by atoms with Crippen molar-refractivity contribution in [2.45, 2.75) is 6.92 Å². The first kappa shape index (κ1) is 11.3. The molecule has 19 heavy (non-hydrogen) atoms. The molecular weight excluding hydrogens is 242 g/mol. The van der Waals surface area contributed by atoms with Gasteiger partial charge < -0.3 is 10.7 Å². The van der Waals surface area contributed by atoms with Gasteiger partial charge in [0.2, 0.25) is 0 Å². The average Bonchev–Trinajstić information content (AvgIpc) is 2.97. The molecule has 0 bridgehead atoms. The van der Waals surface area contributed by atoms with Crippen molar-refractivity contribution in [3.05, 3.63) is 52.7 Å². The van der Waals surface area contributed by atoms with Crippen molar-refractivity contribution >= 4 is 5.82 Å². The Balaban J connectivity index is 2.02. The van der Waals surface area contributed by atoms with Crippen molar-refractivity contribution in [3.63, 3.8) is 0 Å². The summed E-state index contributed by atoms with van der Waals surface area (Å²) >= 11 is 0. The third-order valence-corrected chi connectivity index (χ3v) is 2.99. The van der Waals surface area contributed by atoms with E-state index >= 15 is 0 Å². The summed E-state index contributed by atoms with van der Waals surface area (Å²) in [6.45, 7) is 1.88. The van der Waals surface area contributed by atoms with Gasteiger partial charge in [0.1, 0.15) is 5.82 Å². The predicted octanol–water partition coefficient (Wildman–Crippen LogP) is 1.45. The minimum atomic E-state index is -0.143. The number of anilines is 1. The molecule has 0 unspecified atom stereocenters. The Labute approximate surface area is 108 Å². The van der Waals surface area contributed by atoms with E-state index in [1.807, 2.05) is 31.2 Å². The second-order valence-electron chi connectivity index (χ2n) is 4.32. The molecule has 0 aliphatic carbocycles. The molecule has 0 saturated heterocycles. The number of nitrogens with zero attached hydrogens (tertiary/aromatic N) is 2. The maximum absolute atomic E-state index is 11.7. The maximum atomic E-state index is 11.7. The van der Waals surface area contributed by atoms with Crippen LogP contribution in [0.25, 0.3) is 16.9 Å². The Bertz CT molecular complexity index is 763. The number of hydrogen-bond acceptors (Lipinski definition) is 3.